The van der Waals surface area contributed by atoms with Crippen molar-refractivity contribution in [3.63, 3.8) is 0 Å². The van der Waals surface area contributed by atoms with Crippen LogP contribution in [0.15, 0.2) is 18.2 Å². The second-order valence-electron chi connectivity index (χ2n) is 5.33. The molecule has 1 amide bonds. The number of carbonyl (C=O) groups is 1. The van der Waals surface area contributed by atoms with Crippen LogP contribution in [0.3, 0.4) is 0 Å². The summed E-state index contributed by atoms with van der Waals surface area (Å²) < 4.78 is 5.22. The van der Waals surface area contributed by atoms with Gasteiger partial charge in [0.1, 0.15) is 11.6 Å². The molecule has 22 heavy (non-hydrogen) atoms. The van der Waals surface area contributed by atoms with Gasteiger partial charge in [0.25, 0.3) is 0 Å². The van der Waals surface area contributed by atoms with Crippen molar-refractivity contribution in [2.24, 2.45) is 0 Å². The normalized spacial score (nSPS) is 17.8. The number of halogens is 1. The number of methoxy groups -OCH3 is 1. The van der Waals surface area contributed by atoms with Gasteiger partial charge < -0.3 is 15.0 Å². The number of amides is 1. The average molecular weight is 321 g/mol. The monoisotopic (exact) mass is 320 g/mol. The smallest absolute Gasteiger partial charge is 0.224 e. The molecule has 1 aliphatic rings. The Morgan fingerprint density at radius 2 is 2.27 bits per heavy atom. The van der Waals surface area contributed by atoms with Gasteiger partial charge in [0.15, 0.2) is 0 Å². The minimum Gasteiger partial charge on any atom is -0.497 e. The summed E-state index contributed by atoms with van der Waals surface area (Å²) in [4.78, 5) is 22.0. The number of nitrogens with zero attached hydrogens (tertiary/aromatic N) is 3. The number of hydrogen-bond donors (Lipinski definition) is 1. The summed E-state index contributed by atoms with van der Waals surface area (Å²) in [5.41, 5.74) is 0.748. The molecule has 3 rings (SSSR count). The molecule has 7 heteroatoms. The van der Waals surface area contributed by atoms with Crippen molar-refractivity contribution in [2.75, 3.05) is 25.1 Å². The molecule has 0 unspecified atom stereocenters. The van der Waals surface area contributed by atoms with Gasteiger partial charge in [-0.1, -0.05) is 0 Å². The second kappa shape index (κ2) is 5.96. The Hall–Kier alpha value is -2.08. The number of fused-ring (bicyclic) bond motifs is 1. The van der Waals surface area contributed by atoms with Crippen LogP contribution in [0.2, 0.25) is 5.28 Å². The molecule has 1 aliphatic heterocycles. The van der Waals surface area contributed by atoms with E-state index >= 15 is 0 Å². The molecule has 1 saturated heterocycles. The van der Waals surface area contributed by atoms with Crippen LogP contribution in [0.1, 0.15) is 13.3 Å². The van der Waals surface area contributed by atoms with Crippen LogP contribution in [0.5, 0.6) is 5.75 Å². The maximum Gasteiger partial charge on any atom is 0.224 e. The van der Waals surface area contributed by atoms with E-state index in [0.717, 1.165) is 35.4 Å². The number of aromatic nitrogens is 2. The van der Waals surface area contributed by atoms with Crippen LogP contribution in [0.4, 0.5) is 5.82 Å². The summed E-state index contributed by atoms with van der Waals surface area (Å²) in [7, 11) is 1.61. The number of rotatable bonds is 3. The van der Waals surface area contributed by atoms with Gasteiger partial charge in [0.05, 0.1) is 12.6 Å². The van der Waals surface area contributed by atoms with E-state index in [2.05, 4.69) is 20.2 Å². The van der Waals surface area contributed by atoms with E-state index in [1.54, 1.807) is 7.11 Å². The topological polar surface area (TPSA) is 67.3 Å². The van der Waals surface area contributed by atoms with E-state index in [4.69, 9.17) is 16.3 Å². The van der Waals surface area contributed by atoms with Crippen molar-refractivity contribution in [1.29, 1.82) is 0 Å². The maximum atomic E-state index is 11.2. The van der Waals surface area contributed by atoms with Crippen molar-refractivity contribution >= 4 is 34.2 Å². The summed E-state index contributed by atoms with van der Waals surface area (Å²) in [5.74, 6) is 1.51. The highest BCUT2D eigenvalue weighted by molar-refractivity contribution is 6.28. The van der Waals surface area contributed by atoms with Crippen molar-refractivity contribution in [2.45, 2.75) is 19.4 Å². The lowest BCUT2D eigenvalue weighted by Gasteiger charge is -2.19. The molecule has 2 heterocycles. The van der Waals surface area contributed by atoms with Crippen LogP contribution >= 0.6 is 11.6 Å². The molecule has 0 radical (unpaired) electrons. The van der Waals surface area contributed by atoms with E-state index in [1.165, 1.54) is 6.92 Å². The lowest BCUT2D eigenvalue weighted by atomic mass is 10.2. The van der Waals surface area contributed by atoms with Crippen molar-refractivity contribution < 1.29 is 9.53 Å². The van der Waals surface area contributed by atoms with Gasteiger partial charge in [-0.25, -0.2) is 4.98 Å². The SMILES string of the molecule is COc1ccc2c(N3CC[C@H](NC(C)=O)C3)nc(Cl)nc2c1. The molecule has 1 aromatic carbocycles. The number of hydrogen-bond acceptors (Lipinski definition) is 5. The van der Waals surface area contributed by atoms with Gasteiger partial charge in [-0.05, 0) is 30.2 Å². The Balaban J connectivity index is 1.95. The first-order valence-electron chi connectivity index (χ1n) is 7.10. The van der Waals surface area contributed by atoms with E-state index in [1.807, 2.05) is 18.2 Å². The van der Waals surface area contributed by atoms with Gasteiger partial charge in [-0.2, -0.15) is 4.98 Å². The minimum absolute atomic E-state index is 0.0119. The lowest BCUT2D eigenvalue weighted by Crippen LogP contribution is -2.35. The molecule has 2 aromatic rings. The van der Waals surface area contributed by atoms with Gasteiger partial charge in [0.2, 0.25) is 11.2 Å². The number of carbonyl (C=O) groups excluding carboxylic acids is 1. The Kier molecular flexibility index (Phi) is 4.02. The molecule has 0 spiro atoms. The fraction of sp³-hybridized carbons (Fsp3) is 0.400. The van der Waals surface area contributed by atoms with E-state index in [-0.39, 0.29) is 17.2 Å². The van der Waals surface area contributed by atoms with E-state index in [0.29, 0.717) is 6.54 Å². The van der Waals surface area contributed by atoms with Gasteiger partial charge >= 0.3 is 0 Å². The Morgan fingerprint density at radius 1 is 1.45 bits per heavy atom. The maximum absolute atomic E-state index is 11.2. The first-order valence-corrected chi connectivity index (χ1v) is 7.48. The van der Waals surface area contributed by atoms with Gasteiger partial charge in [-0.15, -0.1) is 0 Å². The molecule has 0 bridgehead atoms. The standard InChI is InChI=1S/C15H17ClN4O2/c1-9(21)17-10-5-6-20(8-10)14-12-4-3-11(22-2)7-13(12)18-15(16)19-14/h3-4,7,10H,5-6,8H2,1-2H3,(H,17,21)/t10-/m0/s1. The quantitative estimate of drug-likeness (QED) is 0.876. The Morgan fingerprint density at radius 3 is 3.00 bits per heavy atom. The number of benzene rings is 1. The average Bonchev–Trinajstić information content (AvgIpc) is 2.93. The first kappa shape index (κ1) is 14.8. The number of anilines is 1. The largest absolute Gasteiger partial charge is 0.497 e. The summed E-state index contributed by atoms with van der Waals surface area (Å²) >= 11 is 6.06. The van der Waals surface area contributed by atoms with E-state index < -0.39 is 0 Å². The fourth-order valence-corrected chi connectivity index (χ4v) is 2.96. The molecule has 1 atom stereocenters. The summed E-state index contributed by atoms with van der Waals surface area (Å²) in [6.07, 6.45) is 0.888. The number of ether oxygens (including phenoxy) is 1. The predicted octanol–water partition coefficient (Wildman–Crippen LogP) is 2.01. The van der Waals surface area contributed by atoms with Crippen LogP contribution in [0, 0.1) is 0 Å². The zero-order valence-corrected chi connectivity index (χ0v) is 13.2. The summed E-state index contributed by atoms with van der Waals surface area (Å²) in [6.45, 7) is 3.07. The fourth-order valence-electron chi connectivity index (χ4n) is 2.79. The molecule has 1 aromatic heterocycles. The van der Waals surface area contributed by atoms with Crippen LogP contribution in [-0.2, 0) is 4.79 Å². The molecule has 1 fully saturated rings. The lowest BCUT2D eigenvalue weighted by molar-refractivity contribution is -0.119. The molecular weight excluding hydrogens is 304 g/mol. The molecular formula is C15H17ClN4O2. The minimum atomic E-state index is -0.0119. The summed E-state index contributed by atoms with van der Waals surface area (Å²) in [5, 5.41) is 4.08. The third-order valence-corrected chi connectivity index (χ3v) is 3.92. The molecule has 0 aliphatic carbocycles. The third kappa shape index (κ3) is 2.92. The Bertz CT molecular complexity index is 722. The molecule has 1 N–H and O–H groups in total. The van der Waals surface area contributed by atoms with Gasteiger partial charge in [0, 0.05) is 37.5 Å². The molecule has 116 valence electrons. The molecule has 0 saturated carbocycles. The highest BCUT2D eigenvalue weighted by Crippen LogP contribution is 2.30. The first-order chi connectivity index (χ1) is 10.6. The third-order valence-electron chi connectivity index (χ3n) is 3.75. The van der Waals surface area contributed by atoms with E-state index in [9.17, 15) is 4.79 Å². The van der Waals surface area contributed by atoms with Crippen LogP contribution in [-0.4, -0.2) is 42.1 Å². The second-order valence-corrected chi connectivity index (χ2v) is 5.67. The predicted molar refractivity (Wildman–Crippen MR) is 85.5 cm³/mol. The van der Waals surface area contributed by atoms with Gasteiger partial charge in [-0.3, -0.25) is 4.79 Å². The zero-order valence-electron chi connectivity index (χ0n) is 12.5. The highest BCUT2D eigenvalue weighted by Gasteiger charge is 2.25. The van der Waals surface area contributed by atoms with Crippen molar-refractivity contribution in [3.05, 3.63) is 23.5 Å². The van der Waals surface area contributed by atoms with Crippen LogP contribution in [0.25, 0.3) is 10.9 Å². The van der Waals surface area contributed by atoms with Crippen molar-refractivity contribution in [3.8, 4) is 5.75 Å². The zero-order chi connectivity index (χ0) is 15.7. The van der Waals surface area contributed by atoms with Crippen molar-refractivity contribution in [1.82, 2.24) is 15.3 Å². The summed E-state index contributed by atoms with van der Waals surface area (Å²) in [6, 6.07) is 5.80. The van der Waals surface area contributed by atoms with Crippen LogP contribution < -0.4 is 15.0 Å². The Labute approximate surface area is 133 Å². The highest BCUT2D eigenvalue weighted by atomic mass is 35.5. The number of nitrogens with one attached hydrogen (secondary N) is 1. The molecule has 6 nitrogen and oxygen atoms in total.